The summed E-state index contributed by atoms with van der Waals surface area (Å²) >= 11 is 0. The van der Waals surface area contributed by atoms with Crippen molar-refractivity contribution in [2.24, 2.45) is 0 Å². The third kappa shape index (κ3) is 5.04. The van der Waals surface area contributed by atoms with E-state index in [1.807, 2.05) is 6.92 Å². The van der Waals surface area contributed by atoms with Gasteiger partial charge in [0.15, 0.2) is 0 Å². The molecule has 1 N–H and O–H groups in total. The Morgan fingerprint density at radius 3 is 2.32 bits per heavy atom. The van der Waals surface area contributed by atoms with E-state index in [1.165, 1.54) is 18.1 Å². The Labute approximate surface area is 214 Å². The number of hydrogen-bond donors (Lipinski definition) is 1. The van der Waals surface area contributed by atoms with E-state index in [1.54, 1.807) is 73.7 Å². The van der Waals surface area contributed by atoms with E-state index in [0.29, 0.717) is 34.9 Å². The predicted molar refractivity (Wildman–Crippen MR) is 138 cm³/mol. The molecule has 0 saturated carbocycles. The predicted octanol–water partition coefficient (Wildman–Crippen LogP) is 4.90. The fourth-order valence-electron chi connectivity index (χ4n) is 4.28. The van der Waals surface area contributed by atoms with E-state index >= 15 is 0 Å². The first-order chi connectivity index (χ1) is 17.9. The molecule has 3 aromatic rings. The highest BCUT2D eigenvalue weighted by Crippen LogP contribution is 2.43. The van der Waals surface area contributed by atoms with Gasteiger partial charge in [0.25, 0.3) is 11.7 Å². The van der Waals surface area contributed by atoms with Gasteiger partial charge in [0, 0.05) is 11.3 Å². The lowest BCUT2D eigenvalue weighted by molar-refractivity contribution is -0.132. The van der Waals surface area contributed by atoms with Crippen LogP contribution in [0.3, 0.4) is 0 Å². The number of rotatable bonds is 8. The number of esters is 1. The van der Waals surface area contributed by atoms with E-state index in [0.717, 1.165) is 0 Å². The molecule has 0 bridgehead atoms. The third-order valence-corrected chi connectivity index (χ3v) is 5.91. The number of hydrogen-bond acceptors (Lipinski definition) is 7. The fraction of sp³-hybridized carbons (Fsp3) is 0.207. The highest BCUT2D eigenvalue weighted by Gasteiger charge is 2.47. The van der Waals surface area contributed by atoms with Crippen LogP contribution in [-0.4, -0.2) is 43.1 Å². The summed E-state index contributed by atoms with van der Waals surface area (Å²) in [6, 6.07) is 18.9. The lowest BCUT2D eigenvalue weighted by Gasteiger charge is -2.26. The average molecular weight is 502 g/mol. The van der Waals surface area contributed by atoms with Crippen LogP contribution in [0, 0.1) is 0 Å². The van der Waals surface area contributed by atoms with Crippen LogP contribution in [-0.2, 0) is 14.3 Å². The molecule has 0 radical (unpaired) electrons. The number of benzene rings is 3. The smallest absolute Gasteiger partial charge is 0.338 e. The van der Waals surface area contributed by atoms with Crippen molar-refractivity contribution in [2.45, 2.75) is 19.9 Å². The molecule has 1 unspecified atom stereocenters. The first-order valence-corrected chi connectivity index (χ1v) is 11.8. The number of anilines is 1. The van der Waals surface area contributed by atoms with Crippen LogP contribution in [0.2, 0.25) is 0 Å². The van der Waals surface area contributed by atoms with Gasteiger partial charge in [-0.25, -0.2) is 4.79 Å². The van der Waals surface area contributed by atoms with E-state index in [-0.39, 0.29) is 23.5 Å². The summed E-state index contributed by atoms with van der Waals surface area (Å²) in [7, 11) is 1.51. The van der Waals surface area contributed by atoms with Crippen LogP contribution in [0.1, 0.15) is 41.4 Å². The number of aliphatic hydroxyl groups is 1. The summed E-state index contributed by atoms with van der Waals surface area (Å²) in [4.78, 5) is 40.5. The Hall–Kier alpha value is -4.59. The Morgan fingerprint density at radius 1 is 0.892 bits per heavy atom. The van der Waals surface area contributed by atoms with Crippen molar-refractivity contribution < 1.29 is 33.7 Å². The molecular weight excluding hydrogens is 474 g/mol. The number of carbonyl (C=O) groups excluding carboxylic acids is 3. The minimum Gasteiger partial charge on any atom is -0.507 e. The first-order valence-electron chi connectivity index (χ1n) is 11.8. The lowest BCUT2D eigenvalue weighted by Crippen LogP contribution is -2.29. The second-order valence-electron chi connectivity index (χ2n) is 8.18. The molecule has 0 aliphatic carbocycles. The second kappa shape index (κ2) is 11.0. The number of ketones is 1. The molecule has 0 aromatic heterocycles. The van der Waals surface area contributed by atoms with Crippen molar-refractivity contribution in [3.63, 3.8) is 0 Å². The molecule has 1 saturated heterocycles. The quantitative estimate of drug-likeness (QED) is 0.203. The van der Waals surface area contributed by atoms with Crippen molar-refractivity contribution in [1.82, 2.24) is 0 Å². The summed E-state index contributed by atoms with van der Waals surface area (Å²) in [5.74, 6) is -1.55. The van der Waals surface area contributed by atoms with Gasteiger partial charge in [-0.2, -0.15) is 0 Å². The summed E-state index contributed by atoms with van der Waals surface area (Å²) in [5, 5.41) is 11.4. The van der Waals surface area contributed by atoms with E-state index in [4.69, 9.17) is 14.2 Å². The van der Waals surface area contributed by atoms with Gasteiger partial charge < -0.3 is 19.3 Å². The average Bonchev–Trinajstić information content (AvgIpc) is 3.19. The number of amides is 1. The van der Waals surface area contributed by atoms with Gasteiger partial charge >= 0.3 is 5.97 Å². The van der Waals surface area contributed by atoms with Crippen molar-refractivity contribution in [3.05, 3.63) is 95.1 Å². The zero-order valence-corrected chi connectivity index (χ0v) is 20.8. The fourth-order valence-corrected chi connectivity index (χ4v) is 4.28. The molecule has 1 amide bonds. The van der Waals surface area contributed by atoms with Crippen LogP contribution in [0.25, 0.3) is 5.76 Å². The minimum atomic E-state index is -0.983. The standard InChI is InChI=1S/C29H27NO7/c1-4-36-23-14-8-10-19(17-23)26(31)24-25(18-9-7-13-22(16-18)35-3)30(28(33)27(24)32)21-12-6-11-20(15-21)29(34)37-5-2/h6-17,25,31H,4-5H2,1-3H3/b26-24+. The number of aliphatic hydroxyl groups excluding tert-OH is 1. The zero-order chi connectivity index (χ0) is 26.5. The monoisotopic (exact) mass is 501 g/mol. The lowest BCUT2D eigenvalue weighted by atomic mass is 9.95. The van der Waals surface area contributed by atoms with Crippen LogP contribution in [0.5, 0.6) is 11.5 Å². The van der Waals surface area contributed by atoms with Crippen LogP contribution >= 0.6 is 0 Å². The number of Topliss-reactive ketones (excluding diaryl/α,β-unsaturated/α-hetero) is 1. The largest absolute Gasteiger partial charge is 0.507 e. The number of nitrogens with zero attached hydrogens (tertiary/aromatic N) is 1. The maximum Gasteiger partial charge on any atom is 0.338 e. The third-order valence-electron chi connectivity index (χ3n) is 5.91. The molecule has 1 aliphatic rings. The molecule has 4 rings (SSSR count). The molecule has 0 spiro atoms. The molecule has 1 atom stereocenters. The molecule has 3 aromatic carbocycles. The molecule has 1 heterocycles. The van der Waals surface area contributed by atoms with Gasteiger partial charge in [0.05, 0.1) is 37.5 Å². The van der Waals surface area contributed by atoms with Crippen LogP contribution < -0.4 is 14.4 Å². The SMILES string of the molecule is CCOC(=O)c1cccc(N2C(=O)C(=O)/C(=C(/O)c3cccc(OCC)c3)C2c2cccc(OC)c2)c1. The van der Waals surface area contributed by atoms with E-state index in [2.05, 4.69) is 0 Å². The highest BCUT2D eigenvalue weighted by atomic mass is 16.5. The number of methoxy groups -OCH3 is 1. The van der Waals surface area contributed by atoms with Gasteiger partial charge in [-0.3, -0.25) is 14.5 Å². The van der Waals surface area contributed by atoms with Crippen molar-refractivity contribution in [3.8, 4) is 11.5 Å². The molecule has 37 heavy (non-hydrogen) atoms. The van der Waals surface area contributed by atoms with Crippen molar-refractivity contribution in [2.75, 3.05) is 25.2 Å². The minimum absolute atomic E-state index is 0.0894. The Bertz CT molecular complexity index is 1380. The molecule has 1 fully saturated rings. The molecule has 8 heteroatoms. The van der Waals surface area contributed by atoms with E-state index in [9.17, 15) is 19.5 Å². The first kappa shape index (κ1) is 25.5. The van der Waals surface area contributed by atoms with Gasteiger partial charge in [0.1, 0.15) is 17.3 Å². The molecule has 190 valence electrons. The van der Waals surface area contributed by atoms with Crippen LogP contribution in [0.15, 0.2) is 78.4 Å². The Balaban J connectivity index is 1.91. The van der Waals surface area contributed by atoms with Crippen molar-refractivity contribution in [1.29, 1.82) is 0 Å². The maximum atomic E-state index is 13.4. The van der Waals surface area contributed by atoms with E-state index < -0.39 is 23.7 Å². The van der Waals surface area contributed by atoms with Gasteiger partial charge in [0.2, 0.25) is 0 Å². The summed E-state index contributed by atoms with van der Waals surface area (Å²) in [5.41, 5.74) is 1.32. The normalized spacial score (nSPS) is 16.5. The van der Waals surface area contributed by atoms with Gasteiger partial charge in [-0.15, -0.1) is 0 Å². The summed E-state index contributed by atoms with van der Waals surface area (Å²) < 4.78 is 16.0. The van der Waals surface area contributed by atoms with Crippen LogP contribution in [0.4, 0.5) is 5.69 Å². The topological polar surface area (TPSA) is 102 Å². The molecular formula is C29H27NO7. The molecule has 1 aliphatic heterocycles. The Morgan fingerprint density at radius 2 is 1.59 bits per heavy atom. The summed E-state index contributed by atoms with van der Waals surface area (Å²) in [6.45, 7) is 4.16. The van der Waals surface area contributed by atoms with Crippen molar-refractivity contribution >= 4 is 29.1 Å². The number of carbonyl (C=O) groups is 3. The maximum absolute atomic E-state index is 13.4. The van der Waals surface area contributed by atoms with Gasteiger partial charge in [-0.05, 0) is 61.9 Å². The Kier molecular flexibility index (Phi) is 7.57. The zero-order valence-electron chi connectivity index (χ0n) is 20.8. The van der Waals surface area contributed by atoms with Gasteiger partial charge in [-0.1, -0.05) is 30.3 Å². The highest BCUT2D eigenvalue weighted by molar-refractivity contribution is 6.51. The second-order valence-corrected chi connectivity index (χ2v) is 8.18. The summed E-state index contributed by atoms with van der Waals surface area (Å²) in [6.07, 6.45) is 0. The number of ether oxygens (including phenoxy) is 3. The molecule has 8 nitrogen and oxygen atoms in total.